The largest absolute Gasteiger partial charge is 0.497 e. The number of hydrogen-bond donors (Lipinski definition) is 2. The summed E-state index contributed by atoms with van der Waals surface area (Å²) in [6, 6.07) is 5.15. The van der Waals surface area contributed by atoms with Gasteiger partial charge in [-0.25, -0.2) is 0 Å². The van der Waals surface area contributed by atoms with Crippen LogP contribution in [0.4, 0.5) is 11.4 Å². The van der Waals surface area contributed by atoms with Gasteiger partial charge in [-0.3, -0.25) is 4.79 Å². The second kappa shape index (κ2) is 6.86. The molecule has 0 aliphatic heterocycles. The van der Waals surface area contributed by atoms with Gasteiger partial charge in [0.05, 0.1) is 18.5 Å². The lowest BCUT2D eigenvalue weighted by atomic mass is 10.1. The van der Waals surface area contributed by atoms with Gasteiger partial charge >= 0.3 is 0 Å². The molecule has 0 heterocycles. The molecule has 3 N–H and O–H groups in total. The minimum atomic E-state index is -0.0838. The van der Waals surface area contributed by atoms with Crippen molar-refractivity contribution in [3.8, 4) is 5.75 Å². The number of anilines is 2. The van der Waals surface area contributed by atoms with Gasteiger partial charge in [-0.15, -0.1) is 0 Å². The Morgan fingerprint density at radius 2 is 2.17 bits per heavy atom. The lowest BCUT2D eigenvalue weighted by Gasteiger charge is -2.12. The first-order valence-electron chi connectivity index (χ1n) is 5.79. The molecule has 0 spiro atoms. The Morgan fingerprint density at radius 3 is 2.78 bits per heavy atom. The minimum Gasteiger partial charge on any atom is -0.497 e. The number of nitrogens with two attached hydrogens (primary N) is 1. The fourth-order valence-corrected chi connectivity index (χ4v) is 1.63. The van der Waals surface area contributed by atoms with Crippen LogP contribution in [0.5, 0.6) is 5.75 Å². The van der Waals surface area contributed by atoms with Crippen molar-refractivity contribution in [2.75, 3.05) is 31.9 Å². The van der Waals surface area contributed by atoms with E-state index in [2.05, 4.69) is 5.32 Å². The van der Waals surface area contributed by atoms with Crippen LogP contribution in [-0.4, -0.2) is 26.7 Å². The number of hydrogen-bond acceptors (Lipinski definition) is 4. The molecule has 0 saturated carbocycles. The molecule has 18 heavy (non-hydrogen) atoms. The van der Waals surface area contributed by atoms with E-state index in [1.54, 1.807) is 32.4 Å². The molecule has 0 aliphatic rings. The van der Waals surface area contributed by atoms with Crippen molar-refractivity contribution in [2.45, 2.75) is 13.3 Å². The van der Waals surface area contributed by atoms with E-state index in [-0.39, 0.29) is 11.8 Å². The average Bonchev–Trinajstić information content (AvgIpc) is 2.32. The van der Waals surface area contributed by atoms with Crippen LogP contribution < -0.4 is 15.8 Å². The summed E-state index contributed by atoms with van der Waals surface area (Å²) in [5.74, 6) is 0.741. The molecule has 1 rings (SSSR count). The number of carbonyl (C=O) groups excluding carboxylic acids is 1. The van der Waals surface area contributed by atoms with Crippen molar-refractivity contribution in [3.05, 3.63) is 18.2 Å². The highest BCUT2D eigenvalue weighted by atomic mass is 16.5. The van der Waals surface area contributed by atoms with Gasteiger partial charge in [0.25, 0.3) is 0 Å². The smallest absolute Gasteiger partial charge is 0.224 e. The topological polar surface area (TPSA) is 73.6 Å². The van der Waals surface area contributed by atoms with Crippen LogP contribution >= 0.6 is 0 Å². The number of methoxy groups -OCH3 is 2. The number of nitrogen functional groups attached to an aromatic ring is 1. The molecule has 0 aromatic heterocycles. The van der Waals surface area contributed by atoms with Gasteiger partial charge in [0.2, 0.25) is 5.91 Å². The highest BCUT2D eigenvalue weighted by Gasteiger charge is 2.11. The molecule has 0 bridgehead atoms. The van der Waals surface area contributed by atoms with E-state index < -0.39 is 0 Å². The Kier molecular flexibility index (Phi) is 5.45. The van der Waals surface area contributed by atoms with E-state index in [1.165, 1.54) is 0 Å². The van der Waals surface area contributed by atoms with Crippen LogP contribution in [0.25, 0.3) is 0 Å². The van der Waals surface area contributed by atoms with Crippen molar-refractivity contribution >= 4 is 17.3 Å². The summed E-state index contributed by atoms with van der Waals surface area (Å²) >= 11 is 0. The number of benzene rings is 1. The Balaban J connectivity index is 2.63. The van der Waals surface area contributed by atoms with Gasteiger partial charge < -0.3 is 20.5 Å². The maximum Gasteiger partial charge on any atom is 0.224 e. The third-order valence-electron chi connectivity index (χ3n) is 2.52. The first-order chi connectivity index (χ1) is 8.56. The van der Waals surface area contributed by atoms with E-state index in [0.717, 1.165) is 0 Å². The lowest BCUT2D eigenvalue weighted by molar-refractivity contribution is -0.117. The summed E-state index contributed by atoms with van der Waals surface area (Å²) < 4.78 is 10.1. The predicted octanol–water partition coefficient (Wildman–Crippen LogP) is 1.89. The molecule has 5 nitrogen and oxygen atoms in total. The molecule has 1 aromatic carbocycles. The molecule has 1 aromatic rings. The normalized spacial score (nSPS) is 11.9. The van der Waals surface area contributed by atoms with Gasteiger partial charge in [0.1, 0.15) is 5.75 Å². The van der Waals surface area contributed by atoms with Crippen molar-refractivity contribution in [1.29, 1.82) is 0 Å². The van der Waals surface area contributed by atoms with Gasteiger partial charge in [-0.05, 0) is 18.1 Å². The third-order valence-corrected chi connectivity index (χ3v) is 2.52. The molecule has 100 valence electrons. The maximum atomic E-state index is 11.8. The molecule has 1 amide bonds. The Bertz CT molecular complexity index is 407. The van der Waals surface area contributed by atoms with Crippen molar-refractivity contribution in [2.24, 2.45) is 5.92 Å². The quantitative estimate of drug-likeness (QED) is 0.758. The molecule has 0 aliphatic carbocycles. The second-order valence-electron chi connectivity index (χ2n) is 4.27. The average molecular weight is 252 g/mol. The zero-order valence-electron chi connectivity index (χ0n) is 11.0. The van der Waals surface area contributed by atoms with Gasteiger partial charge in [-0.1, -0.05) is 6.92 Å². The Hall–Kier alpha value is -1.75. The first-order valence-corrected chi connectivity index (χ1v) is 5.79. The van der Waals surface area contributed by atoms with Crippen LogP contribution in [0.2, 0.25) is 0 Å². The zero-order chi connectivity index (χ0) is 13.5. The van der Waals surface area contributed by atoms with Gasteiger partial charge in [0, 0.05) is 26.2 Å². The zero-order valence-corrected chi connectivity index (χ0v) is 11.0. The number of rotatable bonds is 6. The van der Waals surface area contributed by atoms with Crippen LogP contribution in [0, 0.1) is 5.92 Å². The molecule has 5 heteroatoms. The molecule has 0 radical (unpaired) electrons. The van der Waals surface area contributed by atoms with E-state index in [1.807, 2.05) is 6.92 Å². The molecule has 0 fully saturated rings. The molecular formula is C13H20N2O3. The van der Waals surface area contributed by atoms with Crippen LogP contribution in [0.15, 0.2) is 18.2 Å². The minimum absolute atomic E-state index is 0.0838. The highest BCUT2D eigenvalue weighted by Crippen LogP contribution is 2.24. The molecular weight excluding hydrogens is 232 g/mol. The highest BCUT2D eigenvalue weighted by molar-refractivity contribution is 5.94. The monoisotopic (exact) mass is 252 g/mol. The maximum absolute atomic E-state index is 11.8. The second-order valence-corrected chi connectivity index (χ2v) is 4.27. The van der Waals surface area contributed by atoms with E-state index >= 15 is 0 Å². The SMILES string of the molecule is COCC(C)CC(=O)Nc1cc(OC)ccc1N. The number of ether oxygens (including phenoxy) is 2. The summed E-state index contributed by atoms with van der Waals surface area (Å²) in [6.07, 6.45) is 0.393. The lowest BCUT2D eigenvalue weighted by Crippen LogP contribution is -2.18. The first kappa shape index (κ1) is 14.3. The van der Waals surface area contributed by atoms with Crippen molar-refractivity contribution in [3.63, 3.8) is 0 Å². The molecule has 1 unspecified atom stereocenters. The van der Waals surface area contributed by atoms with Gasteiger partial charge in [-0.2, -0.15) is 0 Å². The van der Waals surface area contributed by atoms with Crippen molar-refractivity contribution < 1.29 is 14.3 Å². The predicted molar refractivity (Wildman–Crippen MR) is 71.7 cm³/mol. The van der Waals surface area contributed by atoms with E-state index in [9.17, 15) is 4.79 Å². The standard InChI is InChI=1S/C13H20N2O3/c1-9(8-17-2)6-13(16)15-12-7-10(18-3)4-5-11(12)14/h4-5,7,9H,6,8,14H2,1-3H3,(H,15,16). The Labute approximate surface area is 107 Å². The molecule has 1 atom stereocenters. The fourth-order valence-electron chi connectivity index (χ4n) is 1.63. The summed E-state index contributed by atoms with van der Waals surface area (Å²) in [6.45, 7) is 2.51. The van der Waals surface area contributed by atoms with Crippen LogP contribution in [0.1, 0.15) is 13.3 Å². The summed E-state index contributed by atoms with van der Waals surface area (Å²) in [5, 5.41) is 2.77. The third kappa shape index (κ3) is 4.25. The number of nitrogens with one attached hydrogen (secondary N) is 1. The van der Waals surface area contributed by atoms with E-state index in [4.69, 9.17) is 15.2 Å². The van der Waals surface area contributed by atoms with Crippen molar-refractivity contribution in [1.82, 2.24) is 0 Å². The van der Waals surface area contributed by atoms with Crippen LogP contribution in [0.3, 0.4) is 0 Å². The Morgan fingerprint density at radius 1 is 1.44 bits per heavy atom. The summed E-state index contributed by atoms with van der Waals surface area (Å²) in [7, 11) is 3.19. The molecule has 0 saturated heterocycles. The van der Waals surface area contributed by atoms with Crippen LogP contribution in [-0.2, 0) is 9.53 Å². The van der Waals surface area contributed by atoms with E-state index in [0.29, 0.717) is 30.2 Å². The summed E-state index contributed by atoms with van der Waals surface area (Å²) in [5.41, 5.74) is 6.88. The number of carbonyl (C=O) groups is 1. The van der Waals surface area contributed by atoms with Gasteiger partial charge in [0.15, 0.2) is 0 Å². The fraction of sp³-hybridized carbons (Fsp3) is 0.462. The summed E-state index contributed by atoms with van der Waals surface area (Å²) in [4.78, 5) is 11.8. The number of amides is 1.